The Morgan fingerprint density at radius 1 is 0.852 bits per heavy atom. The van der Waals surface area contributed by atoms with Crippen molar-refractivity contribution in [2.75, 3.05) is 26.4 Å². The van der Waals surface area contributed by atoms with Crippen LogP contribution in [0.3, 0.4) is 0 Å². The number of ether oxygens (including phenoxy) is 2. The van der Waals surface area contributed by atoms with Crippen LogP contribution in [0.15, 0.2) is 55.6 Å². The summed E-state index contributed by atoms with van der Waals surface area (Å²) in [6, 6.07) is 9.19. The van der Waals surface area contributed by atoms with Crippen molar-refractivity contribution in [2.45, 2.75) is 19.0 Å². The molecule has 148 valence electrons. The van der Waals surface area contributed by atoms with Crippen molar-refractivity contribution < 1.29 is 32.7 Å². The van der Waals surface area contributed by atoms with Gasteiger partial charge in [0.05, 0.1) is 32.6 Å². The predicted octanol–water partition coefficient (Wildman–Crippen LogP) is 3.65. The first-order valence-corrected chi connectivity index (χ1v) is 10.2. The minimum Gasteiger partial charge on any atom is -0.462 e. The van der Waals surface area contributed by atoms with Crippen LogP contribution >= 0.6 is 7.60 Å². The lowest BCUT2D eigenvalue weighted by Gasteiger charge is -2.19. The van der Waals surface area contributed by atoms with Crippen molar-refractivity contribution in [3.05, 3.63) is 61.2 Å². The van der Waals surface area contributed by atoms with Gasteiger partial charge in [0, 0.05) is 25.0 Å². The van der Waals surface area contributed by atoms with Crippen LogP contribution in [0.1, 0.15) is 18.4 Å². The van der Waals surface area contributed by atoms with Crippen molar-refractivity contribution in [3.8, 4) is 0 Å². The van der Waals surface area contributed by atoms with Gasteiger partial charge in [0.25, 0.3) is 0 Å². The molecule has 0 radical (unpaired) electrons. The first-order chi connectivity index (χ1) is 13.0. The molecule has 0 N–H and O–H groups in total. The fourth-order valence-corrected chi connectivity index (χ4v) is 3.65. The lowest BCUT2D eigenvalue weighted by Crippen LogP contribution is -2.08. The van der Waals surface area contributed by atoms with Gasteiger partial charge in [0.2, 0.25) is 0 Å². The van der Waals surface area contributed by atoms with E-state index in [4.69, 9.17) is 18.5 Å². The molecule has 0 bridgehead atoms. The number of esters is 2. The van der Waals surface area contributed by atoms with Crippen molar-refractivity contribution in [2.24, 2.45) is 0 Å². The molecule has 0 spiro atoms. The Kier molecular flexibility index (Phi) is 11.0. The minimum absolute atomic E-state index is 0.111. The molecule has 1 aromatic carbocycles. The molecular formula is C19H25O7P. The van der Waals surface area contributed by atoms with E-state index in [9.17, 15) is 14.2 Å². The Bertz CT molecular complexity index is 623. The molecule has 0 heterocycles. The van der Waals surface area contributed by atoms with Gasteiger partial charge in [0.15, 0.2) is 0 Å². The molecule has 0 aliphatic heterocycles. The summed E-state index contributed by atoms with van der Waals surface area (Å²) in [6.45, 7) is 7.09. The molecule has 27 heavy (non-hydrogen) atoms. The van der Waals surface area contributed by atoms with E-state index in [0.29, 0.717) is 12.8 Å². The third-order valence-corrected chi connectivity index (χ3v) is 5.10. The molecule has 0 atom stereocenters. The average molecular weight is 396 g/mol. The largest absolute Gasteiger partial charge is 0.462 e. The van der Waals surface area contributed by atoms with E-state index < -0.39 is 19.5 Å². The SMILES string of the molecule is C=CC(=O)OCCCOP(=O)(Cc1ccccc1)OCCCOC(=O)C=C. The second kappa shape index (κ2) is 13.0. The van der Waals surface area contributed by atoms with Crippen LogP contribution in [0, 0.1) is 0 Å². The Labute approximate surface area is 159 Å². The van der Waals surface area contributed by atoms with Crippen LogP contribution in [0.5, 0.6) is 0 Å². The van der Waals surface area contributed by atoms with Crippen molar-refractivity contribution in [1.82, 2.24) is 0 Å². The molecule has 0 saturated carbocycles. The van der Waals surface area contributed by atoms with Crippen molar-refractivity contribution in [1.29, 1.82) is 0 Å². The van der Waals surface area contributed by atoms with E-state index in [-0.39, 0.29) is 32.6 Å². The number of carbonyl (C=O) groups excluding carboxylic acids is 2. The lowest BCUT2D eigenvalue weighted by atomic mass is 10.2. The average Bonchev–Trinajstić information content (AvgIpc) is 2.67. The maximum atomic E-state index is 13.0. The van der Waals surface area contributed by atoms with Gasteiger partial charge in [-0.15, -0.1) is 0 Å². The summed E-state index contributed by atoms with van der Waals surface area (Å²) < 4.78 is 33.7. The minimum atomic E-state index is -3.40. The Morgan fingerprint density at radius 3 is 1.78 bits per heavy atom. The standard InChI is InChI=1S/C19H25O7P/c1-3-18(20)23-12-8-14-25-27(22,16-17-10-6-5-7-11-17)26-15-9-13-24-19(21)4-2/h3-7,10-11H,1-2,8-9,12-16H2. The summed E-state index contributed by atoms with van der Waals surface area (Å²) in [6.07, 6.45) is 3.01. The molecule has 0 unspecified atom stereocenters. The fraction of sp³-hybridized carbons (Fsp3) is 0.368. The third-order valence-electron chi connectivity index (χ3n) is 3.19. The quantitative estimate of drug-likeness (QED) is 0.205. The van der Waals surface area contributed by atoms with Crippen molar-refractivity contribution >= 4 is 19.5 Å². The van der Waals surface area contributed by atoms with Crippen LogP contribution in [-0.2, 0) is 38.8 Å². The predicted molar refractivity (Wildman–Crippen MR) is 101 cm³/mol. The van der Waals surface area contributed by atoms with Gasteiger partial charge in [-0.2, -0.15) is 0 Å². The highest BCUT2D eigenvalue weighted by atomic mass is 31.2. The molecule has 0 aliphatic carbocycles. The number of rotatable bonds is 14. The van der Waals surface area contributed by atoms with Crippen LogP contribution in [0.2, 0.25) is 0 Å². The Morgan fingerprint density at radius 2 is 1.33 bits per heavy atom. The lowest BCUT2D eigenvalue weighted by molar-refractivity contribution is -0.138. The van der Waals surface area contributed by atoms with E-state index in [1.54, 1.807) is 0 Å². The molecule has 7 nitrogen and oxygen atoms in total. The molecule has 0 amide bonds. The van der Waals surface area contributed by atoms with Gasteiger partial charge in [0.1, 0.15) is 0 Å². The third kappa shape index (κ3) is 10.5. The first kappa shape index (κ1) is 22.8. The Hall–Kier alpha value is -2.21. The van der Waals surface area contributed by atoms with Gasteiger partial charge in [-0.05, 0) is 5.56 Å². The molecule has 0 saturated heterocycles. The second-order valence-corrected chi connectivity index (χ2v) is 7.43. The zero-order chi connectivity index (χ0) is 20.0. The molecule has 1 aromatic rings. The highest BCUT2D eigenvalue weighted by Gasteiger charge is 2.25. The topological polar surface area (TPSA) is 88.1 Å². The highest BCUT2D eigenvalue weighted by molar-refractivity contribution is 7.53. The van der Waals surface area contributed by atoms with E-state index in [2.05, 4.69) is 13.2 Å². The van der Waals surface area contributed by atoms with Gasteiger partial charge < -0.3 is 18.5 Å². The van der Waals surface area contributed by atoms with E-state index in [1.807, 2.05) is 30.3 Å². The molecular weight excluding hydrogens is 371 g/mol. The highest BCUT2D eigenvalue weighted by Crippen LogP contribution is 2.51. The Balaban J connectivity index is 2.49. The van der Waals surface area contributed by atoms with Gasteiger partial charge >= 0.3 is 19.5 Å². The summed E-state index contributed by atoms with van der Waals surface area (Å²) in [4.78, 5) is 22.0. The zero-order valence-corrected chi connectivity index (χ0v) is 16.1. The smallest absolute Gasteiger partial charge is 0.335 e. The molecule has 1 rings (SSSR count). The van der Waals surface area contributed by atoms with E-state index >= 15 is 0 Å². The summed E-state index contributed by atoms with van der Waals surface area (Å²) >= 11 is 0. The number of hydrogen-bond donors (Lipinski definition) is 0. The first-order valence-electron chi connectivity index (χ1n) is 8.49. The molecule has 0 aromatic heterocycles. The van der Waals surface area contributed by atoms with Crippen molar-refractivity contribution in [3.63, 3.8) is 0 Å². The second-order valence-electron chi connectivity index (χ2n) is 5.37. The normalized spacial score (nSPS) is 10.8. The molecule has 0 aliphatic rings. The summed E-state index contributed by atoms with van der Waals surface area (Å²) in [5.74, 6) is -1.04. The van der Waals surface area contributed by atoms with Crippen LogP contribution in [0.4, 0.5) is 0 Å². The summed E-state index contributed by atoms with van der Waals surface area (Å²) in [5, 5.41) is 0. The van der Waals surface area contributed by atoms with Gasteiger partial charge in [-0.25, -0.2) is 9.59 Å². The fourth-order valence-electron chi connectivity index (χ4n) is 1.92. The molecule has 0 fully saturated rings. The van der Waals surface area contributed by atoms with E-state index in [0.717, 1.165) is 17.7 Å². The number of carbonyl (C=O) groups is 2. The van der Waals surface area contributed by atoms with Gasteiger partial charge in [-0.1, -0.05) is 43.5 Å². The maximum absolute atomic E-state index is 13.0. The van der Waals surface area contributed by atoms with Crippen LogP contribution in [-0.4, -0.2) is 38.4 Å². The number of hydrogen-bond acceptors (Lipinski definition) is 7. The zero-order valence-electron chi connectivity index (χ0n) is 15.2. The summed E-state index contributed by atoms with van der Waals surface area (Å²) in [5.41, 5.74) is 0.817. The van der Waals surface area contributed by atoms with Crippen LogP contribution < -0.4 is 0 Å². The monoisotopic (exact) mass is 396 g/mol. The van der Waals surface area contributed by atoms with E-state index in [1.165, 1.54) is 0 Å². The van der Waals surface area contributed by atoms with Gasteiger partial charge in [-0.3, -0.25) is 4.57 Å². The number of benzene rings is 1. The summed E-state index contributed by atoms with van der Waals surface area (Å²) in [7, 11) is -3.40. The maximum Gasteiger partial charge on any atom is 0.335 e. The van der Waals surface area contributed by atoms with Crippen LogP contribution in [0.25, 0.3) is 0 Å². The molecule has 8 heteroatoms.